The van der Waals surface area contributed by atoms with Crippen LogP contribution in [-0.2, 0) is 4.74 Å². The molecule has 1 unspecified atom stereocenters. The molecule has 0 aliphatic carbocycles. The van der Waals surface area contributed by atoms with Gasteiger partial charge in [0.1, 0.15) is 0 Å². The van der Waals surface area contributed by atoms with E-state index >= 15 is 0 Å². The minimum atomic E-state index is -0.971. The molecule has 0 aliphatic heterocycles. The van der Waals surface area contributed by atoms with Crippen molar-refractivity contribution in [3.8, 4) is 0 Å². The van der Waals surface area contributed by atoms with Crippen molar-refractivity contribution in [2.24, 2.45) is 0 Å². The Balaban J connectivity index is 2.90. The van der Waals surface area contributed by atoms with E-state index in [9.17, 15) is 4.79 Å². The summed E-state index contributed by atoms with van der Waals surface area (Å²) in [4.78, 5) is 11.2. The van der Waals surface area contributed by atoms with E-state index in [0.717, 1.165) is 5.56 Å². The number of aromatic carboxylic acids is 1. The van der Waals surface area contributed by atoms with Crippen molar-refractivity contribution in [3.63, 3.8) is 0 Å². The predicted molar refractivity (Wildman–Crippen MR) is 69.1 cm³/mol. The second-order valence-electron chi connectivity index (χ2n) is 4.16. The van der Waals surface area contributed by atoms with Crippen LogP contribution in [0.25, 0.3) is 0 Å². The number of methoxy groups -OCH3 is 1. The second-order valence-corrected chi connectivity index (χ2v) is 4.16. The molecule has 5 heteroatoms. The molecule has 0 saturated carbocycles. The number of aryl methyl sites for hydroxylation is 1. The Bertz CT molecular complexity index is 400. The van der Waals surface area contributed by atoms with Crippen molar-refractivity contribution < 1.29 is 19.7 Å². The standard InChI is InChI=1S/C13H19NO4/c1-9-3-4-12(11(7-9)13(16)17)14-10(5-6-15)8-18-2/h3-4,7,10,14-15H,5-6,8H2,1-2H3,(H,16,17). The highest BCUT2D eigenvalue weighted by atomic mass is 16.5. The minimum absolute atomic E-state index is 0.0231. The number of benzene rings is 1. The fourth-order valence-electron chi connectivity index (χ4n) is 1.74. The first-order valence-electron chi connectivity index (χ1n) is 5.78. The van der Waals surface area contributed by atoms with Crippen LogP contribution in [0.1, 0.15) is 22.3 Å². The van der Waals surface area contributed by atoms with Gasteiger partial charge in [0, 0.05) is 19.4 Å². The van der Waals surface area contributed by atoms with E-state index in [1.165, 1.54) is 0 Å². The van der Waals surface area contributed by atoms with Gasteiger partial charge in [-0.1, -0.05) is 11.6 Å². The summed E-state index contributed by atoms with van der Waals surface area (Å²) < 4.78 is 5.03. The number of rotatable bonds is 7. The summed E-state index contributed by atoms with van der Waals surface area (Å²) in [5.74, 6) is -0.971. The first kappa shape index (κ1) is 14.5. The Morgan fingerprint density at radius 1 is 1.50 bits per heavy atom. The molecule has 0 spiro atoms. The fourth-order valence-corrected chi connectivity index (χ4v) is 1.74. The number of carboxylic acid groups (broad SMARTS) is 1. The largest absolute Gasteiger partial charge is 0.478 e. The highest BCUT2D eigenvalue weighted by Gasteiger charge is 2.14. The number of aliphatic hydroxyl groups excluding tert-OH is 1. The van der Waals surface area contributed by atoms with Crippen LogP contribution in [0.15, 0.2) is 18.2 Å². The molecule has 1 atom stereocenters. The maximum absolute atomic E-state index is 11.2. The maximum atomic E-state index is 11.2. The lowest BCUT2D eigenvalue weighted by atomic mass is 10.1. The van der Waals surface area contributed by atoms with E-state index < -0.39 is 5.97 Å². The molecular formula is C13H19NO4. The summed E-state index contributed by atoms with van der Waals surface area (Å²) in [6, 6.07) is 5.09. The average molecular weight is 253 g/mol. The van der Waals surface area contributed by atoms with Gasteiger partial charge in [0.05, 0.1) is 18.2 Å². The Morgan fingerprint density at radius 2 is 2.22 bits per heavy atom. The van der Waals surface area contributed by atoms with E-state index in [0.29, 0.717) is 18.7 Å². The monoisotopic (exact) mass is 253 g/mol. The number of hydrogen-bond acceptors (Lipinski definition) is 4. The van der Waals surface area contributed by atoms with E-state index in [-0.39, 0.29) is 18.2 Å². The van der Waals surface area contributed by atoms with Crippen molar-refractivity contribution in [1.82, 2.24) is 0 Å². The number of carboxylic acids is 1. The Hall–Kier alpha value is -1.59. The molecule has 0 aliphatic rings. The van der Waals surface area contributed by atoms with Crippen LogP contribution in [-0.4, -0.2) is 42.5 Å². The van der Waals surface area contributed by atoms with Crippen molar-refractivity contribution in [1.29, 1.82) is 0 Å². The van der Waals surface area contributed by atoms with Gasteiger partial charge in [0.2, 0.25) is 0 Å². The summed E-state index contributed by atoms with van der Waals surface area (Å²) in [5.41, 5.74) is 1.67. The second kappa shape index (κ2) is 6.98. The van der Waals surface area contributed by atoms with E-state index in [2.05, 4.69) is 5.32 Å². The van der Waals surface area contributed by atoms with Crippen LogP contribution in [0.5, 0.6) is 0 Å². The van der Waals surface area contributed by atoms with Crippen molar-refractivity contribution in [2.75, 3.05) is 25.6 Å². The first-order valence-corrected chi connectivity index (χ1v) is 5.78. The number of nitrogens with one attached hydrogen (secondary N) is 1. The van der Waals surface area contributed by atoms with Crippen molar-refractivity contribution in [2.45, 2.75) is 19.4 Å². The average Bonchev–Trinajstić information content (AvgIpc) is 2.32. The molecule has 100 valence electrons. The van der Waals surface area contributed by atoms with Gasteiger partial charge in [0.25, 0.3) is 0 Å². The first-order chi connectivity index (χ1) is 8.58. The summed E-state index contributed by atoms with van der Waals surface area (Å²) in [7, 11) is 1.57. The summed E-state index contributed by atoms with van der Waals surface area (Å²) in [5, 5.41) is 21.2. The third-order valence-corrected chi connectivity index (χ3v) is 2.61. The summed E-state index contributed by atoms with van der Waals surface area (Å²) in [6.45, 7) is 2.28. The van der Waals surface area contributed by atoms with Crippen LogP contribution in [0.3, 0.4) is 0 Å². The lowest BCUT2D eigenvalue weighted by Gasteiger charge is -2.19. The van der Waals surface area contributed by atoms with Gasteiger partial charge in [0.15, 0.2) is 0 Å². The molecule has 0 radical (unpaired) electrons. The number of hydrogen-bond donors (Lipinski definition) is 3. The molecule has 0 fully saturated rings. The smallest absolute Gasteiger partial charge is 0.337 e. The molecule has 1 aromatic rings. The van der Waals surface area contributed by atoms with E-state index in [4.69, 9.17) is 14.9 Å². The molecule has 0 amide bonds. The summed E-state index contributed by atoms with van der Waals surface area (Å²) in [6.07, 6.45) is 0.501. The van der Waals surface area contributed by atoms with Gasteiger partial charge in [-0.05, 0) is 25.5 Å². The Kier molecular flexibility index (Phi) is 5.61. The van der Waals surface area contributed by atoms with E-state index in [1.54, 1.807) is 19.2 Å². The topological polar surface area (TPSA) is 78.8 Å². The van der Waals surface area contributed by atoms with Crippen LogP contribution in [0.4, 0.5) is 5.69 Å². The minimum Gasteiger partial charge on any atom is -0.478 e. The van der Waals surface area contributed by atoms with Gasteiger partial charge in [-0.15, -0.1) is 0 Å². The van der Waals surface area contributed by atoms with Gasteiger partial charge < -0.3 is 20.3 Å². The molecule has 0 saturated heterocycles. The fraction of sp³-hybridized carbons (Fsp3) is 0.462. The van der Waals surface area contributed by atoms with Crippen LogP contribution < -0.4 is 5.32 Å². The van der Waals surface area contributed by atoms with Gasteiger partial charge in [-0.2, -0.15) is 0 Å². The van der Waals surface area contributed by atoms with Gasteiger partial charge >= 0.3 is 5.97 Å². The zero-order chi connectivity index (χ0) is 13.5. The maximum Gasteiger partial charge on any atom is 0.337 e. The molecule has 0 aromatic heterocycles. The van der Waals surface area contributed by atoms with Crippen LogP contribution in [0.2, 0.25) is 0 Å². The molecule has 1 aromatic carbocycles. The lowest BCUT2D eigenvalue weighted by Crippen LogP contribution is -2.27. The highest BCUT2D eigenvalue weighted by molar-refractivity contribution is 5.94. The number of aliphatic hydroxyl groups is 1. The summed E-state index contributed by atoms with van der Waals surface area (Å²) >= 11 is 0. The third-order valence-electron chi connectivity index (χ3n) is 2.61. The molecule has 5 nitrogen and oxygen atoms in total. The highest BCUT2D eigenvalue weighted by Crippen LogP contribution is 2.19. The Labute approximate surface area is 106 Å². The van der Waals surface area contributed by atoms with Crippen LogP contribution >= 0.6 is 0 Å². The van der Waals surface area contributed by atoms with E-state index in [1.807, 2.05) is 13.0 Å². The van der Waals surface area contributed by atoms with Crippen LogP contribution in [0, 0.1) is 6.92 Å². The third kappa shape index (κ3) is 4.01. The quantitative estimate of drug-likeness (QED) is 0.686. The molecule has 0 bridgehead atoms. The zero-order valence-electron chi connectivity index (χ0n) is 10.6. The molecule has 3 N–H and O–H groups in total. The van der Waals surface area contributed by atoms with Gasteiger partial charge in [-0.3, -0.25) is 0 Å². The normalized spacial score (nSPS) is 12.2. The SMILES string of the molecule is COCC(CCO)Nc1ccc(C)cc1C(=O)O. The van der Waals surface area contributed by atoms with Crippen molar-refractivity contribution in [3.05, 3.63) is 29.3 Å². The lowest BCUT2D eigenvalue weighted by molar-refractivity contribution is 0.0697. The van der Waals surface area contributed by atoms with Crippen molar-refractivity contribution >= 4 is 11.7 Å². The molecular weight excluding hydrogens is 234 g/mol. The Morgan fingerprint density at radius 3 is 2.78 bits per heavy atom. The molecule has 0 heterocycles. The number of carbonyl (C=O) groups is 1. The number of anilines is 1. The zero-order valence-corrected chi connectivity index (χ0v) is 10.6. The molecule has 18 heavy (non-hydrogen) atoms. The molecule has 1 rings (SSSR count). The predicted octanol–water partition coefficient (Wildman–Crippen LogP) is 1.50. The van der Waals surface area contributed by atoms with Gasteiger partial charge in [-0.25, -0.2) is 4.79 Å². The number of ether oxygens (including phenoxy) is 1.